The Labute approximate surface area is 177 Å². The van der Waals surface area contributed by atoms with Crippen molar-refractivity contribution < 1.29 is 18.7 Å². The van der Waals surface area contributed by atoms with E-state index in [1.165, 1.54) is 0 Å². The third-order valence-corrected chi connectivity index (χ3v) is 5.49. The summed E-state index contributed by atoms with van der Waals surface area (Å²) in [4.78, 5) is 14.4. The van der Waals surface area contributed by atoms with E-state index < -0.39 is 0 Å². The van der Waals surface area contributed by atoms with Gasteiger partial charge in [-0.15, -0.1) is 0 Å². The Morgan fingerprint density at radius 2 is 1.80 bits per heavy atom. The quantitative estimate of drug-likeness (QED) is 0.472. The zero-order chi connectivity index (χ0) is 21.8. The van der Waals surface area contributed by atoms with E-state index in [1.807, 2.05) is 58.0 Å². The Morgan fingerprint density at radius 3 is 2.43 bits per heavy atom. The molecule has 0 saturated carbocycles. The summed E-state index contributed by atoms with van der Waals surface area (Å²) in [7, 11) is 3.30. The van der Waals surface area contributed by atoms with Crippen molar-refractivity contribution in [3.8, 4) is 22.6 Å². The molecule has 30 heavy (non-hydrogen) atoms. The molecule has 0 radical (unpaired) electrons. The average molecular weight is 408 g/mol. The molecular formula is C25H29NO4. The van der Waals surface area contributed by atoms with E-state index in [2.05, 4.69) is 0 Å². The first-order valence-electron chi connectivity index (χ1n) is 10.2. The van der Waals surface area contributed by atoms with Crippen molar-refractivity contribution in [3.05, 3.63) is 53.8 Å². The van der Waals surface area contributed by atoms with Gasteiger partial charge in [0.05, 0.1) is 20.5 Å². The van der Waals surface area contributed by atoms with Gasteiger partial charge in [-0.2, -0.15) is 0 Å². The molecule has 5 nitrogen and oxygen atoms in total. The first-order valence-corrected chi connectivity index (χ1v) is 10.2. The zero-order valence-electron chi connectivity index (χ0n) is 18.5. The maximum Gasteiger partial charge on any atom is 0.246 e. The third-order valence-electron chi connectivity index (χ3n) is 5.49. The second kappa shape index (κ2) is 9.08. The van der Waals surface area contributed by atoms with Crippen molar-refractivity contribution >= 4 is 22.4 Å². The van der Waals surface area contributed by atoms with Crippen LogP contribution in [-0.2, 0) is 4.79 Å². The van der Waals surface area contributed by atoms with Gasteiger partial charge in [0.1, 0.15) is 17.1 Å². The van der Waals surface area contributed by atoms with Crippen LogP contribution in [0.4, 0.5) is 0 Å². The number of carbonyl (C=O) groups is 1. The molecule has 0 bridgehead atoms. The standard InChI is InChI=1S/C25H29NO4/c1-7-26(8-2)23(27)13-16(3)19-14-20-21(18-11-9-10-12-22(18)28-5)15-30-25(20)17(4)24(19)29-6/h9-15H,7-8H2,1-6H3/b16-13+. The Morgan fingerprint density at radius 1 is 1.10 bits per heavy atom. The molecule has 1 aromatic heterocycles. The molecule has 0 aliphatic heterocycles. The van der Waals surface area contributed by atoms with Gasteiger partial charge in [0.2, 0.25) is 5.91 Å². The first kappa shape index (κ1) is 21.5. The van der Waals surface area contributed by atoms with E-state index in [0.29, 0.717) is 18.8 Å². The molecule has 0 aliphatic rings. The van der Waals surface area contributed by atoms with E-state index in [4.69, 9.17) is 13.9 Å². The average Bonchev–Trinajstić information content (AvgIpc) is 3.18. The molecule has 158 valence electrons. The molecule has 3 aromatic rings. The maximum atomic E-state index is 12.6. The van der Waals surface area contributed by atoms with Gasteiger partial charge in [-0.25, -0.2) is 0 Å². The van der Waals surface area contributed by atoms with Crippen LogP contribution >= 0.6 is 0 Å². The number of likely N-dealkylation sites (N-methyl/N-ethyl adjacent to an activating group) is 1. The third kappa shape index (κ3) is 3.80. The lowest BCUT2D eigenvalue weighted by atomic mass is 9.96. The number of rotatable bonds is 7. The Hall–Kier alpha value is -3.21. The van der Waals surface area contributed by atoms with E-state index in [9.17, 15) is 4.79 Å². The van der Waals surface area contributed by atoms with Crippen LogP contribution in [0.25, 0.3) is 27.7 Å². The molecule has 2 aromatic carbocycles. The van der Waals surface area contributed by atoms with Gasteiger partial charge < -0.3 is 18.8 Å². The summed E-state index contributed by atoms with van der Waals surface area (Å²) in [6.07, 6.45) is 3.43. The summed E-state index contributed by atoms with van der Waals surface area (Å²) in [5, 5.41) is 0.954. The minimum Gasteiger partial charge on any atom is -0.496 e. The van der Waals surface area contributed by atoms with Crippen LogP contribution in [0.1, 0.15) is 31.9 Å². The number of hydrogen-bond acceptors (Lipinski definition) is 4. The van der Waals surface area contributed by atoms with Gasteiger partial charge in [-0.05, 0) is 45.4 Å². The predicted octanol–water partition coefficient (Wildman–Crippen LogP) is 5.70. The second-order valence-electron chi connectivity index (χ2n) is 7.15. The summed E-state index contributed by atoms with van der Waals surface area (Å²) in [5.74, 6) is 1.48. The van der Waals surface area contributed by atoms with Crippen LogP contribution in [0, 0.1) is 6.92 Å². The lowest BCUT2D eigenvalue weighted by Crippen LogP contribution is -2.28. The highest BCUT2D eigenvalue weighted by Crippen LogP contribution is 2.42. The summed E-state index contributed by atoms with van der Waals surface area (Å²) >= 11 is 0. The van der Waals surface area contributed by atoms with Crippen molar-refractivity contribution in [3.63, 3.8) is 0 Å². The summed E-state index contributed by atoms with van der Waals surface area (Å²) < 4.78 is 17.2. The van der Waals surface area contributed by atoms with Gasteiger partial charge in [-0.1, -0.05) is 18.2 Å². The number of carbonyl (C=O) groups excluding carboxylic acids is 1. The zero-order valence-corrected chi connectivity index (χ0v) is 18.5. The Balaban J connectivity index is 2.21. The number of para-hydroxylation sites is 1. The highest BCUT2D eigenvalue weighted by Gasteiger charge is 2.20. The molecule has 3 rings (SSSR count). The molecule has 1 heterocycles. The SMILES string of the molecule is CCN(CC)C(=O)/C=C(\C)c1cc2c(-c3ccccc3OC)coc2c(C)c1OC. The molecule has 0 aliphatic carbocycles. The van der Waals surface area contributed by atoms with Crippen molar-refractivity contribution in [2.75, 3.05) is 27.3 Å². The minimum absolute atomic E-state index is 0.00514. The van der Waals surface area contributed by atoms with Gasteiger partial charge in [-0.3, -0.25) is 4.79 Å². The van der Waals surface area contributed by atoms with Crippen LogP contribution in [0.2, 0.25) is 0 Å². The number of methoxy groups -OCH3 is 2. The van der Waals surface area contributed by atoms with Gasteiger partial charge in [0, 0.05) is 46.8 Å². The smallest absolute Gasteiger partial charge is 0.246 e. The number of benzene rings is 2. The molecule has 1 amide bonds. The molecule has 5 heteroatoms. The van der Waals surface area contributed by atoms with Crippen LogP contribution in [0.5, 0.6) is 11.5 Å². The summed E-state index contributed by atoms with van der Waals surface area (Å²) in [6.45, 7) is 9.22. The maximum absolute atomic E-state index is 12.6. The second-order valence-corrected chi connectivity index (χ2v) is 7.15. The fourth-order valence-electron chi connectivity index (χ4n) is 3.84. The topological polar surface area (TPSA) is 51.9 Å². The predicted molar refractivity (Wildman–Crippen MR) is 121 cm³/mol. The number of hydrogen-bond donors (Lipinski definition) is 0. The van der Waals surface area contributed by atoms with Crippen LogP contribution in [0.3, 0.4) is 0 Å². The van der Waals surface area contributed by atoms with E-state index in [0.717, 1.165) is 44.5 Å². The molecule has 0 unspecified atom stereocenters. The lowest BCUT2D eigenvalue weighted by Gasteiger charge is -2.18. The Kier molecular flexibility index (Phi) is 6.50. The first-order chi connectivity index (χ1) is 14.5. The fourth-order valence-corrected chi connectivity index (χ4v) is 3.84. The van der Waals surface area contributed by atoms with E-state index in [-0.39, 0.29) is 5.91 Å². The summed E-state index contributed by atoms with van der Waals surface area (Å²) in [6, 6.07) is 9.89. The van der Waals surface area contributed by atoms with Crippen molar-refractivity contribution in [2.45, 2.75) is 27.7 Å². The minimum atomic E-state index is -0.00514. The number of aryl methyl sites for hydroxylation is 1. The van der Waals surface area contributed by atoms with Crippen molar-refractivity contribution in [1.29, 1.82) is 0 Å². The van der Waals surface area contributed by atoms with Gasteiger partial charge in [0.25, 0.3) is 0 Å². The van der Waals surface area contributed by atoms with Gasteiger partial charge >= 0.3 is 0 Å². The van der Waals surface area contributed by atoms with E-state index in [1.54, 1.807) is 31.5 Å². The fraction of sp³-hybridized carbons (Fsp3) is 0.320. The van der Waals surface area contributed by atoms with Crippen molar-refractivity contribution in [1.82, 2.24) is 4.90 Å². The molecule has 0 N–H and O–H groups in total. The number of nitrogens with zero attached hydrogens (tertiary/aromatic N) is 1. The number of amides is 1. The number of furan rings is 1. The monoisotopic (exact) mass is 407 g/mol. The lowest BCUT2D eigenvalue weighted by molar-refractivity contribution is -0.125. The van der Waals surface area contributed by atoms with Crippen LogP contribution < -0.4 is 9.47 Å². The largest absolute Gasteiger partial charge is 0.496 e. The van der Waals surface area contributed by atoms with Crippen LogP contribution in [-0.4, -0.2) is 38.1 Å². The van der Waals surface area contributed by atoms with Crippen molar-refractivity contribution in [2.24, 2.45) is 0 Å². The Bertz CT molecular complexity index is 1090. The number of ether oxygens (including phenoxy) is 2. The molecule has 0 saturated heterocycles. The normalized spacial score (nSPS) is 11.6. The molecule has 0 fully saturated rings. The highest BCUT2D eigenvalue weighted by atomic mass is 16.5. The highest BCUT2D eigenvalue weighted by molar-refractivity contribution is 6.02. The van der Waals surface area contributed by atoms with Crippen LogP contribution in [0.15, 0.2) is 47.1 Å². The van der Waals surface area contributed by atoms with Gasteiger partial charge in [0.15, 0.2) is 0 Å². The number of allylic oxidation sites excluding steroid dienone is 1. The number of fused-ring (bicyclic) bond motifs is 1. The van der Waals surface area contributed by atoms with E-state index >= 15 is 0 Å². The molecule has 0 spiro atoms. The molecule has 0 atom stereocenters. The summed E-state index contributed by atoms with van der Waals surface area (Å²) in [5.41, 5.74) is 5.28. The molecular weight excluding hydrogens is 378 g/mol.